The third-order valence-corrected chi connectivity index (χ3v) is 8.69. The lowest BCUT2D eigenvalue weighted by Gasteiger charge is -2.21. The third-order valence-electron chi connectivity index (χ3n) is 5.67. The van der Waals surface area contributed by atoms with Crippen molar-refractivity contribution < 1.29 is 13.2 Å². The molecular weight excluding hydrogens is 446 g/mol. The number of aromatic nitrogens is 4. The van der Waals surface area contributed by atoms with Crippen LogP contribution in [0.4, 0.5) is 0 Å². The number of thiophene rings is 1. The summed E-state index contributed by atoms with van der Waals surface area (Å²) in [4.78, 5) is 18.5. The van der Waals surface area contributed by atoms with Crippen LogP contribution < -0.4 is 5.32 Å². The van der Waals surface area contributed by atoms with Crippen LogP contribution in [0.2, 0.25) is 0 Å². The van der Waals surface area contributed by atoms with Gasteiger partial charge >= 0.3 is 0 Å². The molecule has 0 saturated carbocycles. The van der Waals surface area contributed by atoms with Crippen molar-refractivity contribution in [2.24, 2.45) is 5.92 Å². The van der Waals surface area contributed by atoms with E-state index in [2.05, 4.69) is 15.4 Å². The standard InChI is InChI=1S/C22H23N5O3S2/c28-22(24-11-16-5-7-26-8-6-23-21(26)10-16)20-4-3-19(31-20)18-12-25-27(14-18)13-17-2-1-9-32(29,30)15-17/h3-8,10,12,14,17H,1-2,9,11,13,15H2,(H,24,28). The van der Waals surface area contributed by atoms with Crippen molar-refractivity contribution in [3.05, 3.63) is 65.7 Å². The number of imidazole rings is 1. The first-order valence-electron chi connectivity index (χ1n) is 10.5. The van der Waals surface area contributed by atoms with E-state index in [0.717, 1.165) is 34.5 Å². The van der Waals surface area contributed by atoms with E-state index in [-0.39, 0.29) is 17.6 Å². The lowest BCUT2D eigenvalue weighted by molar-refractivity contribution is 0.0955. The minimum absolute atomic E-state index is 0.104. The van der Waals surface area contributed by atoms with Gasteiger partial charge in [-0.3, -0.25) is 9.48 Å². The molecule has 1 unspecified atom stereocenters. The number of carbonyl (C=O) groups excluding carboxylic acids is 1. The average molecular weight is 470 g/mol. The number of sulfone groups is 1. The number of hydrogen-bond acceptors (Lipinski definition) is 6. The first-order valence-corrected chi connectivity index (χ1v) is 13.1. The molecular formula is C22H23N5O3S2. The minimum Gasteiger partial charge on any atom is -0.347 e. The maximum absolute atomic E-state index is 12.6. The lowest BCUT2D eigenvalue weighted by atomic mass is 10.1. The second-order valence-corrected chi connectivity index (χ2v) is 11.5. The highest BCUT2D eigenvalue weighted by Gasteiger charge is 2.25. The number of nitrogens with zero attached hydrogens (tertiary/aromatic N) is 4. The maximum Gasteiger partial charge on any atom is 0.261 e. The summed E-state index contributed by atoms with van der Waals surface area (Å²) in [5, 5.41) is 7.37. The normalized spacial score (nSPS) is 18.1. The minimum atomic E-state index is -2.93. The van der Waals surface area contributed by atoms with E-state index in [1.807, 2.05) is 51.9 Å². The van der Waals surface area contributed by atoms with Crippen LogP contribution in [0.1, 0.15) is 28.1 Å². The van der Waals surface area contributed by atoms with Gasteiger partial charge in [-0.2, -0.15) is 5.10 Å². The zero-order chi connectivity index (χ0) is 22.1. The smallest absolute Gasteiger partial charge is 0.261 e. The summed E-state index contributed by atoms with van der Waals surface area (Å²) in [6.45, 7) is 1.02. The molecule has 5 heterocycles. The highest BCUT2D eigenvalue weighted by Crippen LogP contribution is 2.28. The van der Waals surface area contributed by atoms with Gasteiger partial charge in [0.15, 0.2) is 9.84 Å². The number of fused-ring (bicyclic) bond motifs is 1. The zero-order valence-electron chi connectivity index (χ0n) is 17.3. The molecule has 10 heteroatoms. The van der Waals surface area contributed by atoms with Gasteiger partial charge in [0.25, 0.3) is 5.91 Å². The van der Waals surface area contributed by atoms with E-state index in [1.165, 1.54) is 11.3 Å². The maximum atomic E-state index is 12.6. The van der Waals surface area contributed by atoms with Gasteiger partial charge in [-0.05, 0) is 48.6 Å². The average Bonchev–Trinajstić information content (AvgIpc) is 3.51. The van der Waals surface area contributed by atoms with E-state index in [1.54, 1.807) is 12.4 Å². The lowest BCUT2D eigenvalue weighted by Crippen LogP contribution is -2.28. The molecule has 1 fully saturated rings. The molecule has 0 bridgehead atoms. The van der Waals surface area contributed by atoms with Gasteiger partial charge in [-0.1, -0.05) is 0 Å². The Labute approximate surface area is 189 Å². The number of amides is 1. The Bertz CT molecular complexity index is 1370. The highest BCUT2D eigenvalue weighted by atomic mass is 32.2. The summed E-state index contributed by atoms with van der Waals surface area (Å²) in [6, 6.07) is 7.65. The predicted molar refractivity (Wildman–Crippen MR) is 123 cm³/mol. The van der Waals surface area contributed by atoms with Crippen molar-refractivity contribution in [3.8, 4) is 10.4 Å². The number of pyridine rings is 1. The van der Waals surface area contributed by atoms with Gasteiger partial charge in [0.1, 0.15) is 5.65 Å². The molecule has 166 valence electrons. The van der Waals surface area contributed by atoms with E-state index >= 15 is 0 Å². The highest BCUT2D eigenvalue weighted by molar-refractivity contribution is 7.91. The first kappa shape index (κ1) is 20.9. The molecule has 0 aromatic carbocycles. The second kappa shape index (κ2) is 8.51. The van der Waals surface area contributed by atoms with Crippen molar-refractivity contribution in [1.29, 1.82) is 0 Å². The van der Waals surface area contributed by atoms with Crippen molar-refractivity contribution in [1.82, 2.24) is 24.5 Å². The fourth-order valence-electron chi connectivity index (χ4n) is 4.06. The van der Waals surface area contributed by atoms with Crippen LogP contribution in [0.25, 0.3) is 16.1 Å². The van der Waals surface area contributed by atoms with E-state index < -0.39 is 9.84 Å². The van der Waals surface area contributed by atoms with Crippen molar-refractivity contribution >= 4 is 32.7 Å². The molecule has 1 aliphatic rings. The van der Waals surface area contributed by atoms with Crippen LogP contribution in [0.15, 0.2) is 55.2 Å². The largest absolute Gasteiger partial charge is 0.347 e. The molecule has 1 saturated heterocycles. The molecule has 0 spiro atoms. The van der Waals surface area contributed by atoms with Gasteiger partial charge in [0.2, 0.25) is 0 Å². The van der Waals surface area contributed by atoms with Gasteiger partial charge in [-0.15, -0.1) is 11.3 Å². The van der Waals surface area contributed by atoms with Crippen LogP contribution in [0, 0.1) is 5.92 Å². The van der Waals surface area contributed by atoms with Crippen LogP contribution in [0.5, 0.6) is 0 Å². The molecule has 0 aliphatic carbocycles. The Balaban J connectivity index is 1.21. The molecule has 1 amide bonds. The summed E-state index contributed by atoms with van der Waals surface area (Å²) in [5.74, 6) is 0.516. The zero-order valence-corrected chi connectivity index (χ0v) is 19.0. The molecule has 1 aliphatic heterocycles. The topological polar surface area (TPSA) is 98.4 Å². The Kier molecular flexibility index (Phi) is 5.56. The number of carbonyl (C=O) groups is 1. The molecule has 8 nitrogen and oxygen atoms in total. The first-order chi connectivity index (χ1) is 15.4. The van der Waals surface area contributed by atoms with Crippen molar-refractivity contribution in [3.63, 3.8) is 0 Å². The number of hydrogen-bond donors (Lipinski definition) is 1. The van der Waals surface area contributed by atoms with Crippen LogP contribution in [0.3, 0.4) is 0 Å². The van der Waals surface area contributed by atoms with Crippen molar-refractivity contribution in [2.75, 3.05) is 11.5 Å². The van der Waals surface area contributed by atoms with Gasteiger partial charge < -0.3 is 9.72 Å². The van der Waals surface area contributed by atoms with E-state index in [0.29, 0.717) is 23.7 Å². The predicted octanol–water partition coefficient (Wildman–Crippen LogP) is 3.01. The van der Waals surface area contributed by atoms with Crippen LogP contribution >= 0.6 is 11.3 Å². The van der Waals surface area contributed by atoms with E-state index in [9.17, 15) is 13.2 Å². The summed E-state index contributed by atoms with van der Waals surface area (Å²) in [5.41, 5.74) is 2.76. The molecule has 4 aromatic rings. The Morgan fingerprint density at radius 3 is 3.03 bits per heavy atom. The summed E-state index contributed by atoms with van der Waals surface area (Å²) >= 11 is 1.41. The quantitative estimate of drug-likeness (QED) is 0.468. The third kappa shape index (κ3) is 4.61. The van der Waals surface area contributed by atoms with E-state index in [4.69, 9.17) is 0 Å². The monoisotopic (exact) mass is 469 g/mol. The van der Waals surface area contributed by atoms with Gasteiger partial charge in [-0.25, -0.2) is 13.4 Å². The van der Waals surface area contributed by atoms with Gasteiger partial charge in [0.05, 0.1) is 22.6 Å². The molecule has 4 aromatic heterocycles. The molecule has 5 rings (SSSR count). The SMILES string of the molecule is O=C(NCc1ccn2ccnc2c1)c1ccc(-c2cnn(CC3CCCS(=O)(=O)C3)c2)s1. The summed E-state index contributed by atoms with van der Waals surface area (Å²) < 4.78 is 27.5. The van der Waals surface area contributed by atoms with Crippen LogP contribution in [-0.4, -0.2) is 45.0 Å². The number of rotatable bonds is 6. The number of nitrogens with one attached hydrogen (secondary N) is 1. The summed E-state index contributed by atoms with van der Waals surface area (Å²) in [7, 11) is -2.93. The van der Waals surface area contributed by atoms with Gasteiger partial charge in [0, 0.05) is 48.3 Å². The Morgan fingerprint density at radius 2 is 2.16 bits per heavy atom. The summed E-state index contributed by atoms with van der Waals surface area (Å²) in [6.07, 6.45) is 10.9. The molecule has 1 atom stereocenters. The molecule has 1 N–H and O–H groups in total. The molecule has 32 heavy (non-hydrogen) atoms. The fraction of sp³-hybridized carbons (Fsp3) is 0.318. The Morgan fingerprint density at radius 1 is 1.25 bits per heavy atom. The second-order valence-electron chi connectivity index (χ2n) is 8.15. The van der Waals surface area contributed by atoms with Crippen LogP contribution in [-0.2, 0) is 22.9 Å². The molecule has 0 radical (unpaired) electrons. The van der Waals surface area contributed by atoms with Crippen molar-refractivity contribution in [2.45, 2.75) is 25.9 Å². The fourth-order valence-corrected chi connectivity index (χ4v) is 6.72. The Hall–Kier alpha value is -2.98.